The number of aliphatic hydroxyl groups excluding tert-OH is 1. The molecule has 0 heterocycles. The lowest BCUT2D eigenvalue weighted by Crippen LogP contribution is -2.52. The molecular formula is C24H37FO3. The molecule has 4 aliphatic carbocycles. The molecule has 0 aliphatic heterocycles. The fourth-order valence-electron chi connectivity index (χ4n) is 7.10. The summed E-state index contributed by atoms with van der Waals surface area (Å²) >= 11 is 0. The summed E-state index contributed by atoms with van der Waals surface area (Å²) in [7, 11) is 0. The molecule has 28 heavy (non-hydrogen) atoms. The molecule has 0 radical (unpaired) electrons. The molecular weight excluding hydrogens is 355 g/mol. The molecule has 3 nitrogen and oxygen atoms in total. The second-order valence-electron chi connectivity index (χ2n) is 11.5. The third kappa shape index (κ3) is 2.97. The van der Waals surface area contributed by atoms with Crippen LogP contribution in [0.2, 0.25) is 0 Å². The van der Waals surface area contributed by atoms with Gasteiger partial charge in [-0.1, -0.05) is 13.8 Å². The zero-order valence-corrected chi connectivity index (χ0v) is 18.2. The van der Waals surface area contributed by atoms with Crippen LogP contribution in [0.1, 0.15) is 86.0 Å². The van der Waals surface area contributed by atoms with E-state index in [1.54, 1.807) is 0 Å². The zero-order valence-electron chi connectivity index (χ0n) is 18.2. The fraction of sp³-hybridized carbons (Fsp3) is 0.875. The first-order valence-electron chi connectivity index (χ1n) is 11.2. The minimum Gasteiger partial charge on any atom is -0.462 e. The van der Waals surface area contributed by atoms with E-state index in [1.165, 1.54) is 0 Å². The molecule has 4 aliphatic rings. The molecule has 7 atom stereocenters. The van der Waals surface area contributed by atoms with Gasteiger partial charge in [-0.05, 0) is 93.5 Å². The smallest absolute Gasteiger partial charge is 0.311 e. The van der Waals surface area contributed by atoms with E-state index in [-0.39, 0.29) is 34.8 Å². The van der Waals surface area contributed by atoms with Crippen molar-refractivity contribution in [3.05, 3.63) is 11.4 Å². The van der Waals surface area contributed by atoms with Crippen LogP contribution in [0.15, 0.2) is 11.4 Å². The van der Waals surface area contributed by atoms with Crippen LogP contribution < -0.4 is 0 Å². The first-order chi connectivity index (χ1) is 13.0. The SMILES string of the molecule is CC(C)(C)C(=O)O[C@H]1CC[C@@]2(C)C(=C(F)C[C@@H]3[C@@H]2CC[C@]2(C)C(O)CC[C@@H]32)C1. The van der Waals surface area contributed by atoms with Crippen LogP contribution in [0, 0.1) is 34.0 Å². The molecule has 1 N–H and O–H groups in total. The minimum atomic E-state index is -0.525. The molecule has 1 unspecified atom stereocenters. The van der Waals surface area contributed by atoms with Crippen LogP contribution in [0.25, 0.3) is 0 Å². The summed E-state index contributed by atoms with van der Waals surface area (Å²) in [6.45, 7) is 10.1. The van der Waals surface area contributed by atoms with E-state index < -0.39 is 5.41 Å². The minimum absolute atomic E-state index is 0.0330. The van der Waals surface area contributed by atoms with Gasteiger partial charge in [-0.2, -0.15) is 0 Å². The summed E-state index contributed by atoms with van der Waals surface area (Å²) in [5.41, 5.74) is 0.248. The third-order valence-corrected chi connectivity index (χ3v) is 8.94. The summed E-state index contributed by atoms with van der Waals surface area (Å²) in [4.78, 5) is 12.3. The Labute approximate surface area is 169 Å². The van der Waals surface area contributed by atoms with Crippen molar-refractivity contribution in [3.8, 4) is 0 Å². The fourth-order valence-corrected chi connectivity index (χ4v) is 7.10. The topological polar surface area (TPSA) is 46.5 Å². The number of halogens is 1. The lowest BCUT2D eigenvalue weighted by molar-refractivity contribution is -0.161. The molecule has 0 saturated heterocycles. The summed E-state index contributed by atoms with van der Waals surface area (Å²) in [5, 5.41) is 10.6. The van der Waals surface area contributed by atoms with E-state index in [0.29, 0.717) is 30.6 Å². The van der Waals surface area contributed by atoms with Gasteiger partial charge in [0.05, 0.1) is 11.5 Å². The van der Waals surface area contributed by atoms with Crippen LogP contribution >= 0.6 is 0 Å². The Kier molecular flexibility index (Phi) is 4.77. The molecule has 4 heteroatoms. The number of allylic oxidation sites excluding steroid dienone is 1. The summed E-state index contributed by atoms with van der Waals surface area (Å²) in [5.74, 6) is 1.12. The van der Waals surface area contributed by atoms with Crippen molar-refractivity contribution in [2.24, 2.45) is 34.0 Å². The molecule has 0 bridgehead atoms. The van der Waals surface area contributed by atoms with Crippen molar-refractivity contribution in [1.82, 2.24) is 0 Å². The number of fused-ring (bicyclic) bond motifs is 5. The molecule has 0 amide bonds. The van der Waals surface area contributed by atoms with Gasteiger partial charge >= 0.3 is 5.97 Å². The molecule has 3 fully saturated rings. The highest BCUT2D eigenvalue weighted by molar-refractivity contribution is 5.75. The van der Waals surface area contributed by atoms with E-state index in [1.807, 2.05) is 20.8 Å². The molecule has 0 spiro atoms. The Morgan fingerprint density at radius 2 is 1.79 bits per heavy atom. The number of esters is 1. The van der Waals surface area contributed by atoms with Gasteiger partial charge in [0, 0.05) is 12.8 Å². The standard InChI is InChI=1S/C24H37FO3/c1-22(2,3)21(27)28-14-8-10-23(4)17-9-11-24(5)16(6-7-20(24)26)15(17)13-19(25)18(23)12-14/h14-17,20,26H,6-13H2,1-5H3/t14-,15-,16-,17-,20?,23+,24-/m0/s1. The second kappa shape index (κ2) is 6.55. The van der Waals surface area contributed by atoms with E-state index in [4.69, 9.17) is 4.74 Å². The summed E-state index contributed by atoms with van der Waals surface area (Å²) in [6, 6.07) is 0. The van der Waals surface area contributed by atoms with E-state index in [0.717, 1.165) is 44.1 Å². The van der Waals surface area contributed by atoms with Crippen molar-refractivity contribution in [1.29, 1.82) is 0 Å². The van der Waals surface area contributed by atoms with Crippen LogP contribution in [0.5, 0.6) is 0 Å². The number of ether oxygens (including phenoxy) is 1. The van der Waals surface area contributed by atoms with E-state index in [9.17, 15) is 9.90 Å². The van der Waals surface area contributed by atoms with Crippen molar-refractivity contribution in [2.45, 2.75) is 98.2 Å². The lowest BCUT2D eigenvalue weighted by atomic mass is 9.47. The van der Waals surface area contributed by atoms with Gasteiger partial charge in [-0.3, -0.25) is 4.79 Å². The van der Waals surface area contributed by atoms with E-state index >= 15 is 4.39 Å². The van der Waals surface area contributed by atoms with E-state index in [2.05, 4.69) is 13.8 Å². The van der Waals surface area contributed by atoms with Gasteiger partial charge in [0.1, 0.15) is 11.9 Å². The van der Waals surface area contributed by atoms with Crippen LogP contribution in [-0.4, -0.2) is 23.3 Å². The highest BCUT2D eigenvalue weighted by atomic mass is 19.1. The number of carbonyl (C=O) groups excluding carboxylic acids is 1. The first kappa shape index (κ1) is 20.4. The largest absolute Gasteiger partial charge is 0.462 e. The summed E-state index contributed by atoms with van der Waals surface area (Å²) < 4.78 is 21.2. The van der Waals surface area contributed by atoms with Crippen LogP contribution in [0.3, 0.4) is 0 Å². The number of hydrogen-bond acceptors (Lipinski definition) is 3. The Hall–Kier alpha value is -0.900. The quantitative estimate of drug-likeness (QED) is 0.594. The average Bonchev–Trinajstić information content (AvgIpc) is 2.91. The second-order valence-corrected chi connectivity index (χ2v) is 11.5. The Bertz CT molecular complexity index is 692. The Morgan fingerprint density at radius 3 is 2.46 bits per heavy atom. The third-order valence-electron chi connectivity index (χ3n) is 8.94. The van der Waals surface area contributed by atoms with Crippen LogP contribution in [0.4, 0.5) is 4.39 Å². The molecule has 0 aromatic rings. The predicted molar refractivity (Wildman–Crippen MR) is 107 cm³/mol. The molecule has 0 aromatic carbocycles. The molecule has 3 saturated carbocycles. The highest BCUT2D eigenvalue weighted by Crippen LogP contribution is 2.66. The maximum absolute atomic E-state index is 15.4. The van der Waals surface area contributed by atoms with Gasteiger partial charge in [0.15, 0.2) is 0 Å². The number of rotatable bonds is 1. The Morgan fingerprint density at radius 1 is 1.07 bits per heavy atom. The van der Waals surface area contributed by atoms with Crippen molar-refractivity contribution < 1.29 is 19.0 Å². The maximum Gasteiger partial charge on any atom is 0.311 e. The highest BCUT2D eigenvalue weighted by Gasteiger charge is 2.60. The van der Waals surface area contributed by atoms with Gasteiger partial charge in [-0.25, -0.2) is 4.39 Å². The predicted octanol–water partition coefficient (Wildman–Crippen LogP) is 5.57. The number of carbonyl (C=O) groups is 1. The molecule has 158 valence electrons. The monoisotopic (exact) mass is 392 g/mol. The number of aliphatic hydroxyl groups is 1. The molecule has 4 rings (SSSR count). The lowest BCUT2D eigenvalue weighted by Gasteiger charge is -2.57. The van der Waals surface area contributed by atoms with Gasteiger partial charge in [-0.15, -0.1) is 0 Å². The average molecular weight is 393 g/mol. The maximum atomic E-state index is 15.4. The first-order valence-corrected chi connectivity index (χ1v) is 11.2. The normalized spacial score (nSPS) is 45.9. The van der Waals surface area contributed by atoms with Gasteiger partial charge in [0.25, 0.3) is 0 Å². The van der Waals surface area contributed by atoms with Gasteiger partial charge in [0.2, 0.25) is 0 Å². The number of hydrogen-bond donors (Lipinski definition) is 1. The molecule has 0 aromatic heterocycles. The Balaban J connectivity index is 1.58. The summed E-state index contributed by atoms with van der Waals surface area (Å²) in [6.07, 6.45) is 6.38. The van der Waals surface area contributed by atoms with Crippen molar-refractivity contribution >= 4 is 5.97 Å². The van der Waals surface area contributed by atoms with Gasteiger partial charge < -0.3 is 9.84 Å². The van der Waals surface area contributed by atoms with Crippen molar-refractivity contribution in [3.63, 3.8) is 0 Å². The van der Waals surface area contributed by atoms with Crippen molar-refractivity contribution in [2.75, 3.05) is 0 Å². The zero-order chi connectivity index (χ0) is 20.5. The van der Waals surface area contributed by atoms with Crippen LogP contribution in [-0.2, 0) is 9.53 Å².